The number of nitrogens with one attached hydrogen (secondary N) is 2. The minimum absolute atomic E-state index is 0.196. The molecule has 0 radical (unpaired) electrons. The van der Waals surface area contributed by atoms with Crippen molar-refractivity contribution < 1.29 is 4.79 Å². The molecule has 24 heavy (non-hydrogen) atoms. The summed E-state index contributed by atoms with van der Waals surface area (Å²) in [5.41, 5.74) is 3.91. The minimum Gasteiger partial charge on any atom is -0.353 e. The lowest BCUT2D eigenvalue weighted by Gasteiger charge is -2.29. The van der Waals surface area contributed by atoms with Crippen molar-refractivity contribution in [1.29, 1.82) is 0 Å². The van der Waals surface area contributed by atoms with Crippen LogP contribution in [0.25, 0.3) is 0 Å². The third kappa shape index (κ3) is 4.00. The molecule has 1 heterocycles. The smallest absolute Gasteiger partial charge is 0.223 e. The summed E-state index contributed by atoms with van der Waals surface area (Å²) in [5, 5.41) is 11.6. The van der Waals surface area contributed by atoms with Crippen molar-refractivity contribution >= 4 is 5.91 Å². The summed E-state index contributed by atoms with van der Waals surface area (Å²) in [6.07, 6.45) is 8.66. The standard InChI is InChI=1S/C19H32N4O/c1-4-17-16(18(5-2)23(3)22-17)12-20-15-8-6-7-13(11-15)19(24)21-14-9-10-14/h13-15,20H,4-12H2,1-3H3,(H,21,24)/t13-,15-/m0/s1. The van der Waals surface area contributed by atoms with Gasteiger partial charge in [-0.3, -0.25) is 9.48 Å². The van der Waals surface area contributed by atoms with E-state index in [0.29, 0.717) is 12.1 Å². The van der Waals surface area contributed by atoms with Gasteiger partial charge >= 0.3 is 0 Å². The maximum Gasteiger partial charge on any atom is 0.223 e. The summed E-state index contributed by atoms with van der Waals surface area (Å²) in [4.78, 5) is 12.3. The van der Waals surface area contributed by atoms with E-state index in [-0.39, 0.29) is 11.8 Å². The number of hydrogen-bond donors (Lipinski definition) is 2. The molecule has 3 rings (SSSR count). The highest BCUT2D eigenvalue weighted by Gasteiger charge is 2.31. The van der Waals surface area contributed by atoms with Gasteiger partial charge in [0, 0.05) is 42.9 Å². The molecule has 0 bridgehead atoms. The Morgan fingerprint density at radius 3 is 2.62 bits per heavy atom. The molecule has 2 fully saturated rings. The van der Waals surface area contributed by atoms with Crippen molar-refractivity contribution in [2.24, 2.45) is 13.0 Å². The molecular weight excluding hydrogens is 300 g/mol. The van der Waals surface area contributed by atoms with Gasteiger partial charge in [0.2, 0.25) is 5.91 Å². The molecule has 0 spiro atoms. The monoisotopic (exact) mass is 332 g/mol. The summed E-state index contributed by atoms with van der Waals surface area (Å²) >= 11 is 0. The second-order valence-corrected chi connectivity index (χ2v) is 7.43. The van der Waals surface area contributed by atoms with Crippen LogP contribution in [0, 0.1) is 5.92 Å². The molecule has 0 aromatic carbocycles. The summed E-state index contributed by atoms with van der Waals surface area (Å²) in [7, 11) is 2.04. The van der Waals surface area contributed by atoms with Gasteiger partial charge in [0.05, 0.1) is 5.69 Å². The van der Waals surface area contributed by atoms with Gasteiger partial charge in [-0.2, -0.15) is 5.10 Å². The molecule has 2 atom stereocenters. The molecule has 134 valence electrons. The molecular formula is C19H32N4O. The van der Waals surface area contributed by atoms with E-state index in [4.69, 9.17) is 0 Å². The lowest BCUT2D eigenvalue weighted by Crippen LogP contribution is -2.40. The first-order valence-corrected chi connectivity index (χ1v) is 9.69. The SMILES string of the molecule is CCc1nn(C)c(CC)c1CN[C@H]1CCC[C@H](C(=O)NC2CC2)C1. The molecule has 0 saturated heterocycles. The maximum atomic E-state index is 12.3. The van der Waals surface area contributed by atoms with Gasteiger partial charge < -0.3 is 10.6 Å². The summed E-state index contributed by atoms with van der Waals surface area (Å²) < 4.78 is 2.03. The highest BCUT2D eigenvalue weighted by atomic mass is 16.2. The Morgan fingerprint density at radius 1 is 1.17 bits per heavy atom. The summed E-state index contributed by atoms with van der Waals surface area (Å²) in [5.74, 6) is 0.482. The number of aryl methyl sites for hydroxylation is 2. The number of nitrogens with zero attached hydrogens (tertiary/aromatic N) is 2. The van der Waals surface area contributed by atoms with Gasteiger partial charge in [-0.15, -0.1) is 0 Å². The van der Waals surface area contributed by atoms with E-state index in [2.05, 4.69) is 29.6 Å². The number of amides is 1. The molecule has 2 saturated carbocycles. The van der Waals surface area contributed by atoms with Crippen molar-refractivity contribution in [2.75, 3.05) is 0 Å². The van der Waals surface area contributed by atoms with Crippen molar-refractivity contribution in [3.05, 3.63) is 17.0 Å². The van der Waals surface area contributed by atoms with Crippen molar-refractivity contribution in [1.82, 2.24) is 20.4 Å². The van der Waals surface area contributed by atoms with E-state index >= 15 is 0 Å². The van der Waals surface area contributed by atoms with Crippen LogP contribution in [0.1, 0.15) is 69.3 Å². The second kappa shape index (κ2) is 7.68. The number of carbonyl (C=O) groups excluding carboxylic acids is 1. The molecule has 5 nitrogen and oxygen atoms in total. The van der Waals surface area contributed by atoms with E-state index in [0.717, 1.165) is 38.6 Å². The lowest BCUT2D eigenvalue weighted by atomic mass is 9.85. The molecule has 2 aliphatic carbocycles. The van der Waals surface area contributed by atoms with Gasteiger partial charge in [0.15, 0.2) is 0 Å². The average Bonchev–Trinajstić information content (AvgIpc) is 3.34. The van der Waals surface area contributed by atoms with E-state index in [9.17, 15) is 4.79 Å². The Balaban J connectivity index is 1.57. The first-order valence-electron chi connectivity index (χ1n) is 9.69. The van der Waals surface area contributed by atoms with Crippen LogP contribution in [0.5, 0.6) is 0 Å². The van der Waals surface area contributed by atoms with E-state index in [1.807, 2.05) is 11.7 Å². The predicted molar refractivity (Wildman–Crippen MR) is 95.7 cm³/mol. The van der Waals surface area contributed by atoms with E-state index in [1.54, 1.807) is 0 Å². The normalized spacial score (nSPS) is 24.1. The zero-order valence-electron chi connectivity index (χ0n) is 15.4. The number of aromatic nitrogens is 2. The van der Waals surface area contributed by atoms with E-state index < -0.39 is 0 Å². The molecule has 1 amide bonds. The van der Waals surface area contributed by atoms with Gasteiger partial charge in [-0.1, -0.05) is 20.3 Å². The quantitative estimate of drug-likeness (QED) is 0.806. The van der Waals surface area contributed by atoms with Gasteiger partial charge in [-0.05, 0) is 44.9 Å². The number of rotatable bonds is 7. The van der Waals surface area contributed by atoms with Gasteiger partial charge in [-0.25, -0.2) is 0 Å². The Kier molecular flexibility index (Phi) is 5.59. The Labute approximate surface area is 145 Å². The third-order valence-electron chi connectivity index (χ3n) is 5.56. The van der Waals surface area contributed by atoms with Crippen molar-refractivity contribution in [3.8, 4) is 0 Å². The van der Waals surface area contributed by atoms with Crippen LogP contribution in [0.4, 0.5) is 0 Å². The Hall–Kier alpha value is -1.36. The predicted octanol–water partition coefficient (Wildman–Crippen LogP) is 2.47. The Bertz CT molecular complexity index is 576. The topological polar surface area (TPSA) is 59.0 Å². The first-order chi connectivity index (χ1) is 11.6. The molecule has 5 heteroatoms. The molecule has 1 aromatic rings. The fraction of sp³-hybridized carbons (Fsp3) is 0.789. The zero-order valence-corrected chi connectivity index (χ0v) is 15.4. The molecule has 2 aliphatic rings. The average molecular weight is 332 g/mol. The van der Waals surface area contributed by atoms with Crippen LogP contribution in [0.2, 0.25) is 0 Å². The van der Waals surface area contributed by atoms with Crippen LogP contribution in [-0.4, -0.2) is 27.8 Å². The van der Waals surface area contributed by atoms with Crippen molar-refractivity contribution in [3.63, 3.8) is 0 Å². The van der Waals surface area contributed by atoms with Crippen LogP contribution < -0.4 is 10.6 Å². The molecule has 2 N–H and O–H groups in total. The fourth-order valence-corrected chi connectivity index (χ4v) is 4.00. The van der Waals surface area contributed by atoms with Gasteiger partial charge in [0.25, 0.3) is 0 Å². The van der Waals surface area contributed by atoms with Crippen LogP contribution in [0.15, 0.2) is 0 Å². The maximum absolute atomic E-state index is 12.3. The molecule has 1 aromatic heterocycles. The molecule has 0 aliphatic heterocycles. The fourth-order valence-electron chi connectivity index (χ4n) is 4.00. The van der Waals surface area contributed by atoms with Gasteiger partial charge in [0.1, 0.15) is 0 Å². The largest absolute Gasteiger partial charge is 0.353 e. The highest BCUT2D eigenvalue weighted by Crippen LogP contribution is 2.27. The minimum atomic E-state index is 0.196. The highest BCUT2D eigenvalue weighted by molar-refractivity contribution is 5.79. The summed E-state index contributed by atoms with van der Waals surface area (Å²) in [6, 6.07) is 0.920. The Morgan fingerprint density at radius 2 is 1.96 bits per heavy atom. The number of hydrogen-bond acceptors (Lipinski definition) is 3. The first kappa shape index (κ1) is 17.5. The zero-order chi connectivity index (χ0) is 17.1. The second-order valence-electron chi connectivity index (χ2n) is 7.43. The third-order valence-corrected chi connectivity index (χ3v) is 5.56. The number of carbonyl (C=O) groups is 1. The van der Waals surface area contributed by atoms with Crippen molar-refractivity contribution in [2.45, 2.75) is 83.8 Å². The molecule has 0 unspecified atom stereocenters. The van der Waals surface area contributed by atoms with Crippen LogP contribution in [-0.2, 0) is 31.2 Å². The lowest BCUT2D eigenvalue weighted by molar-refractivity contribution is -0.126. The van der Waals surface area contributed by atoms with Crippen LogP contribution in [0.3, 0.4) is 0 Å². The van der Waals surface area contributed by atoms with Crippen LogP contribution >= 0.6 is 0 Å². The summed E-state index contributed by atoms with van der Waals surface area (Å²) in [6.45, 7) is 5.24. The van der Waals surface area contributed by atoms with E-state index in [1.165, 1.54) is 36.2 Å².